The van der Waals surface area contributed by atoms with Crippen LogP contribution in [0.4, 0.5) is 0 Å². The maximum atomic E-state index is 7.14. The van der Waals surface area contributed by atoms with Gasteiger partial charge in [0.25, 0.3) is 0 Å². The first kappa shape index (κ1) is 50.7. The van der Waals surface area contributed by atoms with Crippen LogP contribution in [-0.2, 0) is 6.42 Å². The SMILES string of the molecule is CC(C)(C)[Si](C)(C)Oc1ccc(Br)c(C2c3c(Br)ccc(O[Si](C)(C)C(C)(C)C)c3Cc3c(O[Si](C)(C)C(C)(C)C)ccc(Br)c32)c1.CC(C)[Si](C)(C)C(C)(C)C. The molecule has 0 heterocycles. The van der Waals surface area contributed by atoms with E-state index in [0.717, 1.165) is 42.6 Å². The van der Waals surface area contributed by atoms with Crippen LogP contribution in [-0.4, -0.2) is 33.0 Å². The molecule has 0 saturated carbocycles. The first-order valence-electron chi connectivity index (χ1n) is 20.9. The third-order valence-electron chi connectivity index (χ3n) is 14.6. The minimum atomic E-state index is -2.14. The van der Waals surface area contributed by atoms with E-state index in [0.29, 0.717) is 5.04 Å². The summed E-state index contributed by atoms with van der Waals surface area (Å²) in [6, 6.07) is 15.2. The van der Waals surface area contributed by atoms with Gasteiger partial charge in [-0.3, -0.25) is 0 Å². The topological polar surface area (TPSA) is 27.7 Å². The number of rotatable bonds is 8. The zero-order valence-corrected chi connectivity index (χ0v) is 48.5. The highest BCUT2D eigenvalue weighted by molar-refractivity contribution is 9.11. The molecule has 0 bridgehead atoms. The number of hydrogen-bond donors (Lipinski definition) is 0. The van der Waals surface area contributed by atoms with Gasteiger partial charge in [-0.05, 0) is 119 Å². The van der Waals surface area contributed by atoms with Gasteiger partial charge in [0.1, 0.15) is 17.2 Å². The summed E-state index contributed by atoms with van der Waals surface area (Å²) >= 11 is 12.1. The van der Waals surface area contributed by atoms with Gasteiger partial charge in [-0.1, -0.05) is 163 Å². The van der Waals surface area contributed by atoms with Crippen LogP contribution in [0.2, 0.25) is 78.1 Å². The normalized spacial score (nSPS) is 14.8. The van der Waals surface area contributed by atoms with Crippen LogP contribution >= 0.6 is 47.8 Å². The Bertz CT molecular complexity index is 1820. The summed E-state index contributed by atoms with van der Waals surface area (Å²) in [5.41, 5.74) is 6.99. The van der Waals surface area contributed by atoms with Crippen molar-refractivity contribution in [3.8, 4) is 17.2 Å². The minimum absolute atomic E-state index is 0.0665. The summed E-state index contributed by atoms with van der Waals surface area (Å²) in [5, 5.41) is 0.775. The summed E-state index contributed by atoms with van der Waals surface area (Å²) in [4.78, 5) is 0. The highest BCUT2D eigenvalue weighted by atomic mass is 79.9. The van der Waals surface area contributed by atoms with Gasteiger partial charge in [0.2, 0.25) is 25.0 Å². The third kappa shape index (κ3) is 11.1. The molecule has 0 radical (unpaired) electrons. The highest BCUT2D eigenvalue weighted by Gasteiger charge is 2.44. The standard InChI is InChI=1S/C38H55Br3O3Si3.C9H22Si/c1-36(2,3)45(10,11)42-24-16-17-28(39)25(22-24)35-33-26(31(20-18-29(33)40)43-46(12,13)37(4,5)6)23-27-32(21-19-30(41)34(27)35)44-47(14,15)38(7,8)9;1-8(2)10(6,7)9(3,4)5/h16-22,35H,23H2,1-15H3;8H,1-7H3. The molecule has 4 rings (SSSR count). The van der Waals surface area contributed by atoms with Crippen LogP contribution in [0.15, 0.2) is 55.9 Å². The van der Waals surface area contributed by atoms with Crippen molar-refractivity contribution < 1.29 is 13.3 Å². The Morgan fingerprint density at radius 1 is 0.509 bits per heavy atom. The van der Waals surface area contributed by atoms with Gasteiger partial charge < -0.3 is 13.3 Å². The van der Waals surface area contributed by atoms with Crippen LogP contribution in [0.25, 0.3) is 0 Å². The monoisotopic (exact) mass is 1040 g/mol. The largest absolute Gasteiger partial charge is 0.543 e. The molecule has 0 aromatic heterocycles. The predicted octanol–water partition coefficient (Wildman–Crippen LogP) is 18.1. The lowest BCUT2D eigenvalue weighted by Crippen LogP contribution is -2.44. The molecule has 1 aliphatic carbocycles. The van der Waals surface area contributed by atoms with Crippen molar-refractivity contribution in [2.45, 2.75) is 187 Å². The molecule has 3 aromatic carbocycles. The lowest BCUT2D eigenvalue weighted by molar-refractivity contribution is 0.479. The van der Waals surface area contributed by atoms with E-state index in [2.05, 4.69) is 240 Å². The molecule has 57 heavy (non-hydrogen) atoms. The molecule has 0 fully saturated rings. The zero-order valence-electron chi connectivity index (χ0n) is 39.8. The van der Waals surface area contributed by atoms with E-state index in [1.54, 1.807) is 0 Å². The Kier molecular flexibility index (Phi) is 15.4. The van der Waals surface area contributed by atoms with E-state index in [-0.39, 0.29) is 21.0 Å². The van der Waals surface area contributed by atoms with Crippen molar-refractivity contribution in [1.82, 2.24) is 0 Å². The summed E-state index contributed by atoms with van der Waals surface area (Å²) < 4.78 is 24.4. The molecule has 0 atom stereocenters. The summed E-state index contributed by atoms with van der Waals surface area (Å²) in [6.07, 6.45) is 0.728. The summed E-state index contributed by atoms with van der Waals surface area (Å²) in [7, 11) is -7.34. The molecular weight excluding hydrogens is 965 g/mol. The Morgan fingerprint density at radius 2 is 0.860 bits per heavy atom. The quantitative estimate of drug-likeness (QED) is 0.165. The molecule has 0 spiro atoms. The first-order chi connectivity index (χ1) is 25.4. The van der Waals surface area contributed by atoms with Gasteiger partial charge in [0.05, 0.1) is 8.07 Å². The minimum Gasteiger partial charge on any atom is -0.543 e. The van der Waals surface area contributed by atoms with Crippen LogP contribution in [0.1, 0.15) is 131 Å². The molecule has 0 unspecified atom stereocenters. The summed E-state index contributed by atoms with van der Waals surface area (Å²) in [6.45, 7) is 51.4. The second-order valence-corrected chi connectivity index (χ2v) is 45.7. The summed E-state index contributed by atoms with van der Waals surface area (Å²) in [5.74, 6) is 2.78. The van der Waals surface area contributed by atoms with E-state index in [1.165, 1.54) is 27.8 Å². The van der Waals surface area contributed by atoms with E-state index < -0.39 is 33.0 Å². The molecule has 0 N–H and O–H groups in total. The lowest BCUT2D eigenvalue weighted by Gasteiger charge is -2.41. The Balaban J connectivity index is 0.000000766. The fraction of sp³-hybridized carbons (Fsp3) is 0.617. The number of halogens is 3. The van der Waals surface area contributed by atoms with Crippen molar-refractivity contribution in [2.75, 3.05) is 0 Å². The van der Waals surface area contributed by atoms with Crippen molar-refractivity contribution >= 4 is 80.8 Å². The van der Waals surface area contributed by atoms with Crippen LogP contribution in [0.3, 0.4) is 0 Å². The van der Waals surface area contributed by atoms with Crippen molar-refractivity contribution in [3.63, 3.8) is 0 Å². The van der Waals surface area contributed by atoms with Crippen LogP contribution in [0.5, 0.6) is 17.2 Å². The molecule has 10 heteroatoms. The van der Waals surface area contributed by atoms with Crippen molar-refractivity contribution in [2.24, 2.45) is 0 Å². The first-order valence-corrected chi connectivity index (χ1v) is 35.0. The molecule has 3 aromatic rings. The van der Waals surface area contributed by atoms with E-state index in [4.69, 9.17) is 13.3 Å². The molecule has 3 nitrogen and oxygen atoms in total. The average Bonchev–Trinajstić information content (AvgIpc) is 3.02. The fourth-order valence-electron chi connectivity index (χ4n) is 6.02. The molecule has 1 aliphatic rings. The molecule has 0 aliphatic heterocycles. The lowest BCUT2D eigenvalue weighted by atomic mass is 9.74. The van der Waals surface area contributed by atoms with Crippen molar-refractivity contribution in [1.29, 1.82) is 0 Å². The van der Waals surface area contributed by atoms with E-state index >= 15 is 0 Å². The molecule has 0 amide bonds. The van der Waals surface area contributed by atoms with E-state index in [1.807, 2.05) is 0 Å². The second-order valence-electron chi connectivity index (χ2n) is 22.9. The Morgan fingerprint density at radius 3 is 1.18 bits per heavy atom. The van der Waals surface area contributed by atoms with Gasteiger partial charge in [-0.15, -0.1) is 0 Å². The maximum absolute atomic E-state index is 7.14. The Hall–Kier alpha value is -0.632. The smallest absolute Gasteiger partial charge is 0.250 e. The van der Waals surface area contributed by atoms with Gasteiger partial charge in [-0.25, -0.2) is 0 Å². The highest BCUT2D eigenvalue weighted by Crippen LogP contribution is 2.54. The zero-order chi connectivity index (χ0) is 44.3. The van der Waals surface area contributed by atoms with Gasteiger partial charge in [0, 0.05) is 36.9 Å². The van der Waals surface area contributed by atoms with Gasteiger partial charge in [-0.2, -0.15) is 0 Å². The Labute approximate surface area is 379 Å². The van der Waals surface area contributed by atoms with Crippen LogP contribution in [0, 0.1) is 0 Å². The third-order valence-corrected chi connectivity index (χ3v) is 36.5. The predicted molar refractivity (Wildman–Crippen MR) is 272 cm³/mol. The average molecular weight is 1040 g/mol. The maximum Gasteiger partial charge on any atom is 0.250 e. The molecule has 0 saturated heterocycles. The van der Waals surface area contributed by atoms with Crippen LogP contribution < -0.4 is 13.3 Å². The number of hydrogen-bond acceptors (Lipinski definition) is 3. The van der Waals surface area contributed by atoms with Gasteiger partial charge in [0.15, 0.2) is 0 Å². The van der Waals surface area contributed by atoms with Gasteiger partial charge >= 0.3 is 0 Å². The fourth-order valence-corrected chi connectivity index (χ4v) is 12.5. The molecule has 320 valence electrons. The number of benzene rings is 3. The number of fused-ring (bicyclic) bond motifs is 2. The second kappa shape index (κ2) is 17.3. The van der Waals surface area contributed by atoms with E-state index in [9.17, 15) is 0 Å². The molecular formula is C47H77Br3O3Si4. The van der Waals surface area contributed by atoms with Crippen molar-refractivity contribution in [3.05, 3.63) is 83.7 Å².